The van der Waals surface area contributed by atoms with E-state index in [0.717, 1.165) is 46.3 Å². The zero-order chi connectivity index (χ0) is 10.6. The monoisotopic (exact) mass is 204 g/mol. The lowest BCUT2D eigenvalue weighted by Crippen LogP contribution is -2.37. The normalized spacial score (nSPS) is 69.0. The maximum absolute atomic E-state index is 2.63. The molecular formula is C15H24. The SMILES string of the molecule is CC(C)[C@H]1CC[C@@]2(C)[C@H]3C[C@@H]4[C@H](C13)[C@@]42C. The third-order valence-corrected chi connectivity index (χ3v) is 7.57. The lowest BCUT2D eigenvalue weighted by atomic mass is 9.61. The molecule has 5 aliphatic carbocycles. The van der Waals surface area contributed by atoms with Crippen molar-refractivity contribution in [3.8, 4) is 0 Å². The highest BCUT2D eigenvalue weighted by atomic mass is 14.9. The molecule has 0 heterocycles. The van der Waals surface area contributed by atoms with Crippen molar-refractivity contribution in [2.45, 2.75) is 47.0 Å². The number of hydrogen-bond acceptors (Lipinski definition) is 0. The van der Waals surface area contributed by atoms with Gasteiger partial charge in [-0.2, -0.15) is 0 Å². The molecule has 7 atom stereocenters. The largest absolute Gasteiger partial charge is 0.0625 e. The van der Waals surface area contributed by atoms with Crippen molar-refractivity contribution in [1.82, 2.24) is 0 Å². The molecule has 5 aliphatic rings. The third-order valence-electron chi connectivity index (χ3n) is 7.57. The topological polar surface area (TPSA) is 0 Å². The van der Waals surface area contributed by atoms with Gasteiger partial charge in [0.2, 0.25) is 0 Å². The lowest BCUT2D eigenvalue weighted by Gasteiger charge is -2.44. The molecule has 0 nitrogen and oxygen atoms in total. The summed E-state index contributed by atoms with van der Waals surface area (Å²) in [5.74, 6) is 6.57. The Hall–Kier alpha value is 0. The summed E-state index contributed by atoms with van der Waals surface area (Å²) in [6.07, 6.45) is 4.68. The van der Waals surface area contributed by atoms with Crippen molar-refractivity contribution < 1.29 is 0 Å². The van der Waals surface area contributed by atoms with Gasteiger partial charge in [0, 0.05) is 0 Å². The van der Waals surface area contributed by atoms with E-state index in [2.05, 4.69) is 27.7 Å². The van der Waals surface area contributed by atoms with E-state index in [9.17, 15) is 0 Å². The summed E-state index contributed by atoms with van der Waals surface area (Å²) in [5.41, 5.74) is 1.56. The molecule has 0 aromatic heterocycles. The Kier molecular flexibility index (Phi) is 1.31. The van der Waals surface area contributed by atoms with Gasteiger partial charge in [0.15, 0.2) is 0 Å². The minimum absolute atomic E-state index is 0.762. The Morgan fingerprint density at radius 3 is 2.47 bits per heavy atom. The van der Waals surface area contributed by atoms with Gasteiger partial charge in [0.25, 0.3) is 0 Å². The summed E-state index contributed by atoms with van der Waals surface area (Å²) in [6, 6.07) is 0. The van der Waals surface area contributed by atoms with Crippen molar-refractivity contribution in [1.29, 1.82) is 0 Å². The van der Waals surface area contributed by atoms with Crippen LogP contribution in [0.3, 0.4) is 0 Å². The maximum Gasteiger partial charge on any atom is -0.0204 e. The van der Waals surface area contributed by atoms with Gasteiger partial charge in [-0.1, -0.05) is 27.7 Å². The smallest absolute Gasteiger partial charge is 0.0204 e. The Labute approximate surface area is 93.8 Å². The first-order valence-electron chi connectivity index (χ1n) is 7.02. The molecule has 6 bridgehead atoms. The second-order valence-corrected chi connectivity index (χ2v) is 7.70. The molecule has 0 spiro atoms. The molecule has 0 heteroatoms. The first-order chi connectivity index (χ1) is 7.02. The predicted octanol–water partition coefficient (Wildman–Crippen LogP) is 3.96. The van der Waals surface area contributed by atoms with Crippen molar-refractivity contribution in [3.05, 3.63) is 0 Å². The fourth-order valence-corrected chi connectivity index (χ4v) is 6.72. The van der Waals surface area contributed by atoms with Gasteiger partial charge < -0.3 is 0 Å². The van der Waals surface area contributed by atoms with Gasteiger partial charge >= 0.3 is 0 Å². The highest BCUT2D eigenvalue weighted by molar-refractivity contribution is 5.33. The molecule has 0 radical (unpaired) electrons. The van der Waals surface area contributed by atoms with Crippen LogP contribution in [-0.2, 0) is 0 Å². The first kappa shape index (κ1) is 9.07. The fourth-order valence-electron chi connectivity index (χ4n) is 6.72. The number of hydrogen-bond donors (Lipinski definition) is 0. The van der Waals surface area contributed by atoms with Crippen molar-refractivity contribution in [3.63, 3.8) is 0 Å². The zero-order valence-electron chi connectivity index (χ0n) is 10.6. The summed E-state index contributed by atoms with van der Waals surface area (Å²) >= 11 is 0. The van der Waals surface area contributed by atoms with Crippen LogP contribution in [0.4, 0.5) is 0 Å². The summed E-state index contributed by atoms with van der Waals surface area (Å²) in [5, 5.41) is 0. The van der Waals surface area contributed by atoms with Crippen LogP contribution in [0, 0.1) is 46.3 Å². The quantitative estimate of drug-likeness (QED) is 0.606. The van der Waals surface area contributed by atoms with Crippen LogP contribution in [0.1, 0.15) is 47.0 Å². The molecule has 0 N–H and O–H groups in total. The molecule has 0 aliphatic heterocycles. The lowest BCUT2D eigenvalue weighted by molar-refractivity contribution is 0.0483. The molecular weight excluding hydrogens is 180 g/mol. The maximum atomic E-state index is 2.63. The molecule has 0 aromatic rings. The molecule has 5 rings (SSSR count). The summed E-state index contributed by atoms with van der Waals surface area (Å²) in [4.78, 5) is 0. The fraction of sp³-hybridized carbons (Fsp3) is 1.00. The van der Waals surface area contributed by atoms with Gasteiger partial charge in [-0.15, -0.1) is 0 Å². The minimum Gasteiger partial charge on any atom is -0.0625 e. The third kappa shape index (κ3) is 0.666. The van der Waals surface area contributed by atoms with E-state index >= 15 is 0 Å². The van der Waals surface area contributed by atoms with E-state index in [1.165, 1.54) is 6.42 Å². The van der Waals surface area contributed by atoms with E-state index in [1.807, 2.05) is 0 Å². The van der Waals surface area contributed by atoms with E-state index in [0.29, 0.717) is 0 Å². The molecule has 5 saturated carbocycles. The Morgan fingerprint density at radius 2 is 1.87 bits per heavy atom. The van der Waals surface area contributed by atoms with E-state index in [-0.39, 0.29) is 0 Å². The Balaban J connectivity index is 1.80. The van der Waals surface area contributed by atoms with Crippen LogP contribution in [0.2, 0.25) is 0 Å². The van der Waals surface area contributed by atoms with E-state index in [1.54, 1.807) is 12.8 Å². The molecule has 15 heavy (non-hydrogen) atoms. The standard InChI is InChI=1S/C15H24/c1-8(2)9-5-6-14(3)10-7-11-13(12(9)10)15(11,14)4/h8-13H,5-7H2,1-4H3/t9-,10+,11-,12?,13-,14+,15-/m1/s1. The first-order valence-corrected chi connectivity index (χ1v) is 7.02. The molecule has 84 valence electrons. The number of rotatable bonds is 1. The average Bonchev–Trinajstić information content (AvgIpc) is 2.49. The van der Waals surface area contributed by atoms with Crippen molar-refractivity contribution >= 4 is 0 Å². The Morgan fingerprint density at radius 1 is 1.13 bits per heavy atom. The van der Waals surface area contributed by atoms with Crippen LogP contribution in [-0.4, -0.2) is 0 Å². The van der Waals surface area contributed by atoms with Gasteiger partial charge in [-0.05, 0) is 65.6 Å². The summed E-state index contributed by atoms with van der Waals surface area (Å²) < 4.78 is 0. The minimum atomic E-state index is 0.762. The summed E-state index contributed by atoms with van der Waals surface area (Å²) in [7, 11) is 0. The van der Waals surface area contributed by atoms with Crippen molar-refractivity contribution in [2.75, 3.05) is 0 Å². The Bertz CT molecular complexity index is 329. The van der Waals surface area contributed by atoms with Gasteiger partial charge in [0.05, 0.1) is 0 Å². The zero-order valence-corrected chi connectivity index (χ0v) is 10.6. The van der Waals surface area contributed by atoms with Crippen molar-refractivity contribution in [2.24, 2.45) is 46.3 Å². The van der Waals surface area contributed by atoms with Gasteiger partial charge in [0.1, 0.15) is 0 Å². The van der Waals surface area contributed by atoms with Crippen LogP contribution >= 0.6 is 0 Å². The molecule has 5 fully saturated rings. The van der Waals surface area contributed by atoms with E-state index in [4.69, 9.17) is 0 Å². The highest BCUT2D eigenvalue weighted by Crippen LogP contribution is 2.91. The van der Waals surface area contributed by atoms with E-state index < -0.39 is 0 Å². The average molecular weight is 204 g/mol. The molecule has 0 saturated heterocycles. The second-order valence-electron chi connectivity index (χ2n) is 7.70. The van der Waals surface area contributed by atoms with Crippen LogP contribution < -0.4 is 0 Å². The highest BCUT2D eigenvalue weighted by Gasteiger charge is 2.86. The van der Waals surface area contributed by atoms with Crippen LogP contribution in [0.25, 0.3) is 0 Å². The molecule has 0 amide bonds. The summed E-state index contributed by atoms with van der Waals surface area (Å²) in [6.45, 7) is 10.2. The second kappa shape index (κ2) is 2.17. The predicted molar refractivity (Wildman–Crippen MR) is 62.4 cm³/mol. The molecule has 1 unspecified atom stereocenters. The molecule has 0 aromatic carbocycles. The van der Waals surface area contributed by atoms with Crippen LogP contribution in [0.15, 0.2) is 0 Å². The van der Waals surface area contributed by atoms with Gasteiger partial charge in [-0.25, -0.2) is 0 Å². The van der Waals surface area contributed by atoms with Crippen LogP contribution in [0.5, 0.6) is 0 Å². The van der Waals surface area contributed by atoms with Gasteiger partial charge in [-0.3, -0.25) is 0 Å².